The molecule has 0 aliphatic carbocycles. The molecule has 0 aliphatic heterocycles. The van der Waals surface area contributed by atoms with Crippen LogP contribution in [0.5, 0.6) is 0 Å². The smallest absolute Gasteiger partial charge is 0.258 e. The molecule has 6 heteroatoms. The van der Waals surface area contributed by atoms with Gasteiger partial charge in [-0.05, 0) is 19.4 Å². The summed E-state index contributed by atoms with van der Waals surface area (Å²) in [5.74, 6) is 0. The van der Waals surface area contributed by atoms with Crippen molar-refractivity contribution in [3.05, 3.63) is 68.6 Å². The Kier molecular flexibility index (Phi) is 5.63. The van der Waals surface area contributed by atoms with Gasteiger partial charge in [-0.3, -0.25) is 14.1 Å². The molecule has 3 aromatic rings. The summed E-state index contributed by atoms with van der Waals surface area (Å²) in [4.78, 5) is 21.0. The zero-order valence-corrected chi connectivity index (χ0v) is 15.7. The van der Waals surface area contributed by atoms with Gasteiger partial charge in [0.05, 0.1) is 12.3 Å². The molecule has 0 aliphatic rings. The van der Waals surface area contributed by atoms with Crippen LogP contribution in [0.3, 0.4) is 0 Å². The van der Waals surface area contributed by atoms with Gasteiger partial charge in [0.2, 0.25) is 0 Å². The van der Waals surface area contributed by atoms with E-state index in [9.17, 15) is 4.79 Å². The summed E-state index contributed by atoms with van der Waals surface area (Å²) in [6, 6.07) is 10.2. The summed E-state index contributed by atoms with van der Waals surface area (Å²) in [5.41, 5.74) is 3.27. The number of ether oxygens (including phenoxy) is 1. The minimum atomic E-state index is -0.0219. The van der Waals surface area contributed by atoms with Crippen LogP contribution < -0.4 is 5.56 Å². The maximum atomic E-state index is 12.3. The van der Waals surface area contributed by atoms with Gasteiger partial charge in [-0.25, -0.2) is 4.98 Å². The largest absolute Gasteiger partial charge is 0.383 e. The Morgan fingerprint density at radius 1 is 1.20 bits per heavy atom. The third-order valence-electron chi connectivity index (χ3n) is 4.06. The van der Waals surface area contributed by atoms with Gasteiger partial charge in [0.1, 0.15) is 0 Å². The van der Waals surface area contributed by atoms with Gasteiger partial charge >= 0.3 is 0 Å². The van der Waals surface area contributed by atoms with E-state index in [2.05, 4.69) is 41.1 Å². The van der Waals surface area contributed by atoms with Crippen LogP contribution in [-0.2, 0) is 17.8 Å². The van der Waals surface area contributed by atoms with Crippen LogP contribution >= 0.6 is 11.3 Å². The molecule has 0 amide bonds. The highest BCUT2D eigenvalue weighted by Crippen LogP contribution is 2.15. The number of fused-ring (bicyclic) bond motifs is 1. The Morgan fingerprint density at radius 3 is 2.68 bits per heavy atom. The van der Waals surface area contributed by atoms with Gasteiger partial charge in [0.15, 0.2) is 4.96 Å². The van der Waals surface area contributed by atoms with E-state index < -0.39 is 0 Å². The van der Waals surface area contributed by atoms with E-state index in [-0.39, 0.29) is 5.56 Å². The molecular weight excluding hydrogens is 334 g/mol. The van der Waals surface area contributed by atoms with E-state index in [1.54, 1.807) is 17.6 Å². The van der Waals surface area contributed by atoms with Crippen LogP contribution in [-0.4, -0.2) is 34.5 Å². The van der Waals surface area contributed by atoms with Crippen molar-refractivity contribution in [3.63, 3.8) is 0 Å². The first-order chi connectivity index (χ1) is 12.0. The molecule has 0 spiro atoms. The summed E-state index contributed by atoms with van der Waals surface area (Å²) >= 11 is 1.54. The monoisotopic (exact) mass is 357 g/mol. The number of hydrogen-bond acceptors (Lipinski definition) is 5. The van der Waals surface area contributed by atoms with Gasteiger partial charge in [-0.2, -0.15) is 0 Å². The summed E-state index contributed by atoms with van der Waals surface area (Å²) in [6.07, 6.45) is 1.84. The molecule has 0 saturated carbocycles. The first kappa shape index (κ1) is 17.8. The molecule has 0 N–H and O–H groups in total. The molecule has 2 heterocycles. The van der Waals surface area contributed by atoms with Gasteiger partial charge in [-0.1, -0.05) is 29.8 Å². The maximum Gasteiger partial charge on any atom is 0.258 e. The third-order valence-corrected chi connectivity index (χ3v) is 4.96. The standard InChI is InChI=1S/C19H23N3O2S/c1-14-4-6-16(7-5-14)12-21(8-9-24-3)13-17-10-18(23)22-11-15(2)25-19(22)20-17/h4-7,10-11H,8-9,12-13H2,1-3H3. The van der Waals surface area contributed by atoms with Crippen molar-refractivity contribution in [3.8, 4) is 0 Å². The van der Waals surface area contributed by atoms with E-state index in [1.165, 1.54) is 22.5 Å². The van der Waals surface area contributed by atoms with Gasteiger partial charge < -0.3 is 4.74 Å². The minimum Gasteiger partial charge on any atom is -0.383 e. The average molecular weight is 357 g/mol. The molecule has 0 radical (unpaired) electrons. The van der Waals surface area contributed by atoms with E-state index >= 15 is 0 Å². The van der Waals surface area contributed by atoms with E-state index in [0.717, 1.165) is 28.6 Å². The van der Waals surface area contributed by atoms with Crippen molar-refractivity contribution in [1.29, 1.82) is 0 Å². The fraction of sp³-hybridized carbons (Fsp3) is 0.368. The Balaban J connectivity index is 1.81. The Hall–Kier alpha value is -2.02. The normalized spacial score (nSPS) is 11.5. The minimum absolute atomic E-state index is 0.0219. The summed E-state index contributed by atoms with van der Waals surface area (Å²) in [7, 11) is 1.70. The van der Waals surface area contributed by atoms with Crippen molar-refractivity contribution < 1.29 is 4.74 Å². The molecule has 3 rings (SSSR count). The van der Waals surface area contributed by atoms with Crippen LogP contribution in [0.15, 0.2) is 41.3 Å². The molecule has 5 nitrogen and oxygen atoms in total. The van der Waals surface area contributed by atoms with E-state index in [4.69, 9.17) is 4.74 Å². The highest BCUT2D eigenvalue weighted by atomic mass is 32.1. The number of methoxy groups -OCH3 is 1. The number of hydrogen-bond donors (Lipinski definition) is 0. The highest BCUT2D eigenvalue weighted by Gasteiger charge is 2.11. The Bertz CT molecular complexity index is 899. The number of aryl methyl sites for hydroxylation is 2. The SMILES string of the molecule is COCCN(Cc1ccc(C)cc1)Cc1cc(=O)n2cc(C)sc2n1. The predicted octanol–water partition coefficient (Wildman–Crippen LogP) is 3.02. The molecule has 25 heavy (non-hydrogen) atoms. The molecule has 0 saturated heterocycles. The molecule has 132 valence electrons. The first-order valence-electron chi connectivity index (χ1n) is 8.31. The number of rotatable bonds is 7. The fourth-order valence-electron chi connectivity index (χ4n) is 2.75. The van der Waals surface area contributed by atoms with E-state index in [0.29, 0.717) is 13.2 Å². The lowest BCUT2D eigenvalue weighted by atomic mass is 10.1. The van der Waals surface area contributed by atoms with E-state index in [1.807, 2.05) is 13.1 Å². The van der Waals surface area contributed by atoms with Crippen LogP contribution in [0.25, 0.3) is 4.96 Å². The lowest BCUT2D eigenvalue weighted by Crippen LogP contribution is -2.28. The zero-order chi connectivity index (χ0) is 17.8. The van der Waals surface area contributed by atoms with Crippen LogP contribution in [0.2, 0.25) is 0 Å². The second-order valence-corrected chi connectivity index (χ2v) is 7.48. The number of aromatic nitrogens is 2. The maximum absolute atomic E-state index is 12.3. The van der Waals surface area contributed by atoms with Crippen molar-refractivity contribution in [2.75, 3.05) is 20.3 Å². The fourth-order valence-corrected chi connectivity index (χ4v) is 3.60. The molecule has 0 atom stereocenters. The van der Waals surface area contributed by atoms with Crippen molar-refractivity contribution in [2.45, 2.75) is 26.9 Å². The van der Waals surface area contributed by atoms with Crippen LogP contribution in [0.1, 0.15) is 21.7 Å². The molecular formula is C19H23N3O2S. The molecule has 0 unspecified atom stereocenters. The molecule has 0 bridgehead atoms. The Labute approximate surface area is 151 Å². The van der Waals surface area contributed by atoms with Gasteiger partial charge in [0, 0.05) is 43.9 Å². The van der Waals surface area contributed by atoms with Crippen LogP contribution in [0.4, 0.5) is 0 Å². The van der Waals surface area contributed by atoms with Gasteiger partial charge in [0.25, 0.3) is 5.56 Å². The lowest BCUT2D eigenvalue weighted by Gasteiger charge is -2.21. The highest BCUT2D eigenvalue weighted by molar-refractivity contribution is 7.16. The molecule has 2 aromatic heterocycles. The average Bonchev–Trinajstić information content (AvgIpc) is 2.95. The molecule has 1 aromatic carbocycles. The summed E-state index contributed by atoms with van der Waals surface area (Å²) in [6.45, 7) is 6.93. The number of benzene rings is 1. The second-order valence-electron chi connectivity index (χ2n) is 6.27. The first-order valence-corrected chi connectivity index (χ1v) is 9.12. The Morgan fingerprint density at radius 2 is 1.96 bits per heavy atom. The zero-order valence-electron chi connectivity index (χ0n) is 14.9. The second kappa shape index (κ2) is 7.91. The van der Waals surface area contributed by atoms with Crippen molar-refractivity contribution in [1.82, 2.24) is 14.3 Å². The summed E-state index contributed by atoms with van der Waals surface area (Å²) < 4.78 is 6.85. The van der Waals surface area contributed by atoms with Crippen molar-refractivity contribution >= 4 is 16.3 Å². The predicted molar refractivity (Wildman–Crippen MR) is 101 cm³/mol. The topological polar surface area (TPSA) is 46.8 Å². The quantitative estimate of drug-likeness (QED) is 0.652. The van der Waals surface area contributed by atoms with Crippen molar-refractivity contribution in [2.24, 2.45) is 0 Å². The van der Waals surface area contributed by atoms with Gasteiger partial charge in [-0.15, -0.1) is 11.3 Å². The third kappa shape index (κ3) is 4.54. The van der Waals surface area contributed by atoms with Crippen LogP contribution in [0, 0.1) is 13.8 Å². The number of nitrogens with zero attached hydrogens (tertiary/aromatic N) is 3. The molecule has 0 fully saturated rings. The summed E-state index contributed by atoms with van der Waals surface area (Å²) in [5, 5.41) is 0. The number of thiazole rings is 1. The lowest BCUT2D eigenvalue weighted by molar-refractivity contribution is 0.139.